The molecule has 4 saturated carbocycles. The van der Waals surface area contributed by atoms with Crippen LogP contribution in [0.3, 0.4) is 0 Å². The Morgan fingerprint density at radius 3 is 2.38 bits per heavy atom. The summed E-state index contributed by atoms with van der Waals surface area (Å²) in [5, 5.41) is 4.18. The number of methoxy groups -OCH3 is 1. The number of amides is 2. The molecule has 5 rings (SSSR count). The first-order valence-corrected chi connectivity index (χ1v) is 12.1. The Morgan fingerprint density at radius 1 is 1.19 bits per heavy atom. The summed E-state index contributed by atoms with van der Waals surface area (Å²) in [4.78, 5) is 25.9. The molecule has 8 heteroatoms. The number of nitrogens with one attached hydrogen (secondary N) is 1. The normalized spacial score (nSPS) is 28.1. The van der Waals surface area contributed by atoms with E-state index in [0.29, 0.717) is 22.4 Å². The number of halogens is 1. The van der Waals surface area contributed by atoms with Gasteiger partial charge in [-0.2, -0.15) is 5.10 Å². The van der Waals surface area contributed by atoms with E-state index in [-0.39, 0.29) is 23.8 Å². The molecule has 0 aliphatic heterocycles. The van der Waals surface area contributed by atoms with E-state index in [2.05, 4.69) is 26.5 Å². The van der Waals surface area contributed by atoms with E-state index in [4.69, 9.17) is 9.47 Å². The summed E-state index contributed by atoms with van der Waals surface area (Å²) in [5.74, 6) is 3.27. The van der Waals surface area contributed by atoms with Crippen LogP contribution in [0.1, 0.15) is 50.5 Å². The number of likely N-dealkylation sites (N-methyl/N-ethyl adjacent to an activating group) is 1. The summed E-state index contributed by atoms with van der Waals surface area (Å²) in [5.41, 5.74) is 3.67. The Labute approximate surface area is 198 Å². The zero-order chi connectivity index (χ0) is 22.9. The molecule has 0 heterocycles. The van der Waals surface area contributed by atoms with Crippen LogP contribution in [0, 0.1) is 23.2 Å². The fourth-order valence-electron chi connectivity index (χ4n) is 6.28. The van der Waals surface area contributed by atoms with Gasteiger partial charge in [0.15, 0.2) is 18.1 Å². The second kappa shape index (κ2) is 9.41. The van der Waals surface area contributed by atoms with Gasteiger partial charge in [0.05, 0.1) is 17.8 Å². The lowest BCUT2D eigenvalue weighted by molar-refractivity contribution is -0.131. The molecule has 1 aromatic carbocycles. The number of hydrogen-bond donors (Lipinski definition) is 1. The maximum absolute atomic E-state index is 12.7. The van der Waals surface area contributed by atoms with Gasteiger partial charge in [-0.05, 0) is 95.3 Å². The van der Waals surface area contributed by atoms with Crippen LogP contribution < -0.4 is 14.9 Å². The van der Waals surface area contributed by atoms with Gasteiger partial charge in [-0.1, -0.05) is 0 Å². The van der Waals surface area contributed by atoms with Crippen molar-refractivity contribution in [1.82, 2.24) is 10.3 Å². The van der Waals surface area contributed by atoms with E-state index < -0.39 is 0 Å². The predicted octanol–water partition coefficient (Wildman–Crippen LogP) is 3.98. The second-order valence-corrected chi connectivity index (χ2v) is 10.9. The minimum Gasteiger partial charge on any atom is -0.493 e. The molecular formula is C24H32BrN3O4. The van der Waals surface area contributed by atoms with Crippen molar-refractivity contribution in [3.05, 3.63) is 22.2 Å². The molecular weight excluding hydrogens is 474 g/mol. The topological polar surface area (TPSA) is 80.2 Å². The molecule has 0 aromatic heterocycles. The molecule has 1 aromatic rings. The number of carbonyl (C=O) groups is 2. The van der Waals surface area contributed by atoms with Gasteiger partial charge < -0.3 is 14.4 Å². The quantitative estimate of drug-likeness (QED) is 0.427. The van der Waals surface area contributed by atoms with Gasteiger partial charge in [-0.15, -0.1) is 0 Å². The van der Waals surface area contributed by atoms with Crippen molar-refractivity contribution in [3.8, 4) is 11.5 Å². The Morgan fingerprint density at radius 2 is 1.81 bits per heavy atom. The molecule has 4 aliphatic rings. The molecule has 174 valence electrons. The molecule has 0 saturated heterocycles. The van der Waals surface area contributed by atoms with Crippen molar-refractivity contribution in [3.63, 3.8) is 0 Å². The molecule has 0 radical (unpaired) electrons. The third kappa shape index (κ3) is 5.11. The fraction of sp³-hybridized carbons (Fsp3) is 0.625. The average molecular weight is 506 g/mol. The number of ether oxygens (including phenoxy) is 2. The maximum atomic E-state index is 12.7. The molecule has 0 unspecified atom stereocenters. The average Bonchev–Trinajstić information content (AvgIpc) is 2.70. The van der Waals surface area contributed by atoms with Crippen LogP contribution >= 0.6 is 15.9 Å². The minimum atomic E-state index is -0.147. The van der Waals surface area contributed by atoms with Crippen molar-refractivity contribution >= 4 is 34.0 Å². The monoisotopic (exact) mass is 505 g/mol. The minimum absolute atomic E-state index is 0.00335. The van der Waals surface area contributed by atoms with Gasteiger partial charge in [-0.25, -0.2) is 5.43 Å². The lowest BCUT2D eigenvalue weighted by Crippen LogP contribution is -2.47. The van der Waals surface area contributed by atoms with Crippen molar-refractivity contribution < 1.29 is 19.1 Å². The Balaban J connectivity index is 1.35. The van der Waals surface area contributed by atoms with Gasteiger partial charge in [0.25, 0.3) is 5.91 Å². The molecule has 1 N–H and O–H groups in total. The molecule has 7 nitrogen and oxygen atoms in total. The third-order valence-electron chi connectivity index (χ3n) is 7.19. The first-order chi connectivity index (χ1) is 15.3. The van der Waals surface area contributed by atoms with E-state index in [1.165, 1.54) is 50.5 Å². The number of hydrazone groups is 1. The van der Waals surface area contributed by atoms with E-state index in [0.717, 1.165) is 23.3 Å². The standard InChI is InChI=1S/C24H32BrN3O4/c1-28(2)22(30)14-32-23-19(25)7-18(8-20(23)31-3)13-26-27-21(29)12-24-9-15-4-16(10-24)6-17(5-15)11-24/h7-8,13,15-17H,4-6,9-12,14H2,1-3H3,(H,27,29). The van der Waals surface area contributed by atoms with Gasteiger partial charge in [0.2, 0.25) is 5.91 Å². The predicted molar refractivity (Wildman–Crippen MR) is 126 cm³/mol. The van der Waals surface area contributed by atoms with Crippen LogP contribution in [-0.2, 0) is 9.59 Å². The highest BCUT2D eigenvalue weighted by Crippen LogP contribution is 2.61. The summed E-state index contributed by atoms with van der Waals surface area (Å²) in [6.45, 7) is -0.0875. The molecule has 2 amide bonds. The van der Waals surface area contributed by atoms with Crippen LogP contribution in [0.15, 0.2) is 21.7 Å². The van der Waals surface area contributed by atoms with E-state index in [1.807, 2.05) is 6.07 Å². The molecule has 0 spiro atoms. The fourth-order valence-corrected chi connectivity index (χ4v) is 6.86. The highest BCUT2D eigenvalue weighted by atomic mass is 79.9. The van der Waals surface area contributed by atoms with E-state index in [9.17, 15) is 9.59 Å². The van der Waals surface area contributed by atoms with Crippen LogP contribution in [-0.4, -0.2) is 50.7 Å². The number of rotatable bonds is 8. The van der Waals surface area contributed by atoms with Crippen molar-refractivity contribution in [2.75, 3.05) is 27.8 Å². The zero-order valence-corrected chi connectivity index (χ0v) is 20.6. The number of carbonyl (C=O) groups excluding carboxylic acids is 2. The molecule has 4 bridgehead atoms. The zero-order valence-electron chi connectivity index (χ0n) is 19.0. The van der Waals surface area contributed by atoms with Gasteiger partial charge in [-0.3, -0.25) is 9.59 Å². The van der Waals surface area contributed by atoms with Crippen molar-refractivity contribution in [2.24, 2.45) is 28.3 Å². The smallest absolute Gasteiger partial charge is 0.259 e. The second-order valence-electron chi connectivity index (χ2n) is 10.00. The molecule has 4 fully saturated rings. The van der Waals surface area contributed by atoms with Crippen molar-refractivity contribution in [1.29, 1.82) is 0 Å². The van der Waals surface area contributed by atoms with E-state index in [1.54, 1.807) is 26.4 Å². The molecule has 4 aliphatic carbocycles. The summed E-state index contributed by atoms with van der Waals surface area (Å²) in [6, 6.07) is 3.57. The SMILES string of the molecule is COc1cc(C=NNC(=O)CC23CC4CC(CC(C4)C2)C3)cc(Br)c1OCC(=O)N(C)C. The third-order valence-corrected chi connectivity index (χ3v) is 7.78. The lowest BCUT2D eigenvalue weighted by Gasteiger charge is -2.56. The van der Waals surface area contributed by atoms with Gasteiger partial charge in [0.1, 0.15) is 0 Å². The van der Waals surface area contributed by atoms with Crippen LogP contribution in [0.2, 0.25) is 0 Å². The maximum Gasteiger partial charge on any atom is 0.259 e. The Hall–Kier alpha value is -2.09. The van der Waals surface area contributed by atoms with Crippen LogP contribution in [0.25, 0.3) is 0 Å². The van der Waals surface area contributed by atoms with E-state index >= 15 is 0 Å². The number of nitrogens with zero attached hydrogens (tertiary/aromatic N) is 2. The molecule has 32 heavy (non-hydrogen) atoms. The van der Waals surface area contributed by atoms with Gasteiger partial charge >= 0.3 is 0 Å². The highest BCUT2D eigenvalue weighted by molar-refractivity contribution is 9.10. The largest absolute Gasteiger partial charge is 0.493 e. The Kier molecular flexibility index (Phi) is 6.79. The first-order valence-electron chi connectivity index (χ1n) is 11.3. The number of benzene rings is 1. The lowest BCUT2D eigenvalue weighted by atomic mass is 9.49. The van der Waals surface area contributed by atoms with Gasteiger partial charge in [0, 0.05) is 20.5 Å². The summed E-state index contributed by atoms with van der Waals surface area (Å²) in [7, 11) is 4.89. The number of hydrogen-bond acceptors (Lipinski definition) is 5. The first kappa shape index (κ1) is 23.1. The van der Waals surface area contributed by atoms with Crippen LogP contribution in [0.4, 0.5) is 0 Å². The highest BCUT2D eigenvalue weighted by Gasteiger charge is 2.51. The Bertz CT molecular complexity index is 879. The molecule has 0 atom stereocenters. The summed E-state index contributed by atoms with van der Waals surface area (Å²) in [6.07, 6.45) is 9.91. The van der Waals surface area contributed by atoms with Crippen LogP contribution in [0.5, 0.6) is 11.5 Å². The van der Waals surface area contributed by atoms with Crippen molar-refractivity contribution in [2.45, 2.75) is 44.9 Å². The summed E-state index contributed by atoms with van der Waals surface area (Å²) < 4.78 is 11.7. The summed E-state index contributed by atoms with van der Waals surface area (Å²) >= 11 is 3.47.